The molecule has 0 aliphatic rings. The summed E-state index contributed by atoms with van der Waals surface area (Å²) in [5, 5.41) is 24.1. The molecule has 0 unspecified atom stereocenters. The molecule has 0 atom stereocenters. The summed E-state index contributed by atoms with van der Waals surface area (Å²) in [5.74, 6) is 0.0989. The average Bonchev–Trinajstić information content (AvgIpc) is 2.65. The summed E-state index contributed by atoms with van der Waals surface area (Å²) in [4.78, 5) is 4.22. The van der Waals surface area contributed by atoms with Crippen LogP contribution in [0.15, 0.2) is 35.6 Å². The fraction of sp³-hybridized carbons (Fsp3) is 0.524. The molecule has 0 aliphatic carbocycles. The van der Waals surface area contributed by atoms with Crippen LogP contribution in [0.3, 0.4) is 0 Å². The summed E-state index contributed by atoms with van der Waals surface area (Å²) < 4.78 is 0. The summed E-state index contributed by atoms with van der Waals surface area (Å²) in [5.41, 5.74) is 1.66. The van der Waals surface area contributed by atoms with Gasteiger partial charge in [-0.15, -0.1) is 0 Å². The maximum Gasteiger partial charge on any atom is 0.150 e. The molecule has 0 saturated carbocycles. The second kappa shape index (κ2) is 10.7. The summed E-state index contributed by atoms with van der Waals surface area (Å²) >= 11 is 0. The van der Waals surface area contributed by atoms with Crippen LogP contribution in [-0.4, -0.2) is 21.0 Å². The van der Waals surface area contributed by atoms with Crippen LogP contribution in [0.4, 0.5) is 0 Å². The van der Waals surface area contributed by atoms with E-state index >= 15 is 0 Å². The molecule has 2 aromatic rings. The van der Waals surface area contributed by atoms with Crippen LogP contribution in [-0.2, 0) is 0 Å². The number of rotatable bonds is 11. The fourth-order valence-electron chi connectivity index (χ4n) is 3.20. The van der Waals surface area contributed by atoms with Crippen molar-refractivity contribution >= 4 is 16.6 Å². The molecule has 0 amide bonds. The van der Waals surface area contributed by atoms with E-state index in [1.807, 2.05) is 24.3 Å². The highest BCUT2D eigenvalue weighted by molar-refractivity contribution is 6.06. The second-order valence-electron chi connectivity index (χ2n) is 6.66. The lowest BCUT2D eigenvalue weighted by molar-refractivity contribution is 0.317. The Morgan fingerprint density at radius 3 is 2.32 bits per heavy atom. The Hall–Kier alpha value is -2.10. The van der Waals surface area contributed by atoms with Crippen molar-refractivity contribution in [3.8, 4) is 5.75 Å². The van der Waals surface area contributed by atoms with Crippen molar-refractivity contribution in [1.82, 2.24) is 4.98 Å². The highest BCUT2D eigenvalue weighted by Gasteiger charge is 2.13. The summed E-state index contributed by atoms with van der Waals surface area (Å²) in [6.45, 7) is 2.24. The van der Waals surface area contributed by atoms with Gasteiger partial charge in [0.25, 0.3) is 0 Å². The van der Waals surface area contributed by atoms with Crippen molar-refractivity contribution in [1.29, 1.82) is 0 Å². The first kappa shape index (κ1) is 19.2. The molecule has 1 aromatic carbocycles. The Morgan fingerprint density at radius 1 is 0.960 bits per heavy atom. The van der Waals surface area contributed by atoms with Gasteiger partial charge in [-0.3, -0.25) is 4.98 Å². The van der Waals surface area contributed by atoms with Gasteiger partial charge in [-0.25, -0.2) is 0 Å². The molecule has 4 nitrogen and oxygen atoms in total. The molecule has 0 fully saturated rings. The lowest BCUT2D eigenvalue weighted by atomic mass is 10.00. The Bertz CT molecular complexity index is 683. The highest BCUT2D eigenvalue weighted by atomic mass is 16.4. The van der Waals surface area contributed by atoms with E-state index in [9.17, 15) is 10.3 Å². The molecular formula is C21H30N2O2. The molecule has 0 spiro atoms. The number of fused-ring (bicyclic) bond motifs is 1. The average molecular weight is 342 g/mol. The van der Waals surface area contributed by atoms with Crippen molar-refractivity contribution in [2.45, 2.75) is 71.1 Å². The van der Waals surface area contributed by atoms with E-state index < -0.39 is 0 Å². The van der Waals surface area contributed by atoms with Crippen molar-refractivity contribution < 1.29 is 10.3 Å². The largest absolute Gasteiger partial charge is 0.505 e. The van der Waals surface area contributed by atoms with E-state index in [2.05, 4.69) is 17.1 Å². The first-order chi connectivity index (χ1) is 12.3. The zero-order valence-corrected chi connectivity index (χ0v) is 15.2. The number of phenols is 1. The number of hydrogen-bond acceptors (Lipinski definition) is 4. The topological polar surface area (TPSA) is 65.7 Å². The van der Waals surface area contributed by atoms with Gasteiger partial charge in [0, 0.05) is 17.1 Å². The Labute approximate surface area is 150 Å². The molecule has 1 heterocycles. The van der Waals surface area contributed by atoms with Gasteiger partial charge in [0.05, 0.1) is 5.71 Å². The monoisotopic (exact) mass is 342 g/mol. The number of unbranched alkanes of at least 4 members (excludes halogenated alkanes) is 8. The predicted molar refractivity (Wildman–Crippen MR) is 104 cm³/mol. The van der Waals surface area contributed by atoms with Crippen molar-refractivity contribution in [2.24, 2.45) is 5.16 Å². The number of benzene rings is 1. The number of aromatic hydroxyl groups is 1. The van der Waals surface area contributed by atoms with Crippen molar-refractivity contribution in [2.75, 3.05) is 0 Å². The maximum atomic E-state index is 10.4. The molecule has 1 aromatic heterocycles. The number of nitrogens with zero attached hydrogens (tertiary/aromatic N) is 2. The Balaban J connectivity index is 1.80. The molecule has 0 aliphatic heterocycles. The third-order valence-corrected chi connectivity index (χ3v) is 4.70. The molecular weight excluding hydrogens is 312 g/mol. The molecule has 2 N–H and O–H groups in total. The third-order valence-electron chi connectivity index (χ3n) is 4.70. The van der Waals surface area contributed by atoms with Crippen LogP contribution in [0.25, 0.3) is 10.9 Å². The molecule has 0 radical (unpaired) electrons. The number of oxime groups is 1. The van der Waals surface area contributed by atoms with Crippen LogP contribution >= 0.6 is 0 Å². The van der Waals surface area contributed by atoms with E-state index in [4.69, 9.17) is 0 Å². The summed E-state index contributed by atoms with van der Waals surface area (Å²) in [6.07, 6.45) is 13.6. The second-order valence-corrected chi connectivity index (χ2v) is 6.66. The Morgan fingerprint density at radius 2 is 1.64 bits per heavy atom. The standard InChI is InChI=1S/C21H30N2O2/c1-2-3-4-5-6-7-8-9-10-13-19(23-25)18-15-14-17-12-11-16-22-20(17)21(18)24/h11-12,14-16,24-25H,2-10,13H2,1H3/b23-19+. The summed E-state index contributed by atoms with van der Waals surface area (Å²) in [7, 11) is 0. The minimum absolute atomic E-state index is 0.0989. The molecule has 4 heteroatoms. The Kier molecular flexibility index (Phi) is 8.23. The predicted octanol–water partition coefficient (Wildman–Crippen LogP) is 6.04. The van der Waals surface area contributed by atoms with Crippen LogP contribution in [0.5, 0.6) is 5.75 Å². The minimum atomic E-state index is 0.0989. The zero-order chi connectivity index (χ0) is 17.9. The number of hydrogen-bond donors (Lipinski definition) is 2. The van der Waals surface area contributed by atoms with Crippen LogP contribution in [0.1, 0.15) is 76.7 Å². The normalized spacial score (nSPS) is 12.0. The first-order valence-electron chi connectivity index (χ1n) is 9.56. The van der Waals surface area contributed by atoms with Crippen LogP contribution < -0.4 is 0 Å². The van der Waals surface area contributed by atoms with E-state index in [1.165, 1.54) is 44.9 Å². The highest BCUT2D eigenvalue weighted by Crippen LogP contribution is 2.28. The van der Waals surface area contributed by atoms with Gasteiger partial charge in [0.1, 0.15) is 5.52 Å². The lowest BCUT2D eigenvalue weighted by Gasteiger charge is -2.09. The van der Waals surface area contributed by atoms with Gasteiger partial charge < -0.3 is 10.3 Å². The van der Waals surface area contributed by atoms with Gasteiger partial charge in [-0.05, 0) is 25.0 Å². The van der Waals surface area contributed by atoms with Gasteiger partial charge in [0.15, 0.2) is 5.75 Å². The molecule has 0 bridgehead atoms. The van der Waals surface area contributed by atoms with Crippen molar-refractivity contribution in [3.05, 3.63) is 36.0 Å². The summed E-state index contributed by atoms with van der Waals surface area (Å²) in [6, 6.07) is 7.45. The van der Waals surface area contributed by atoms with Crippen molar-refractivity contribution in [3.63, 3.8) is 0 Å². The lowest BCUT2D eigenvalue weighted by Crippen LogP contribution is -2.02. The van der Waals surface area contributed by atoms with E-state index in [0.29, 0.717) is 23.2 Å². The van der Waals surface area contributed by atoms with Gasteiger partial charge in [-0.1, -0.05) is 75.6 Å². The minimum Gasteiger partial charge on any atom is -0.505 e. The zero-order valence-electron chi connectivity index (χ0n) is 15.2. The third kappa shape index (κ3) is 5.73. The quantitative estimate of drug-likeness (QED) is 0.226. The fourth-order valence-corrected chi connectivity index (χ4v) is 3.20. The van der Waals surface area contributed by atoms with Gasteiger partial charge in [0.2, 0.25) is 0 Å². The number of pyridine rings is 1. The van der Waals surface area contributed by atoms with Crippen LogP contribution in [0, 0.1) is 0 Å². The molecule has 2 rings (SSSR count). The number of phenolic OH excluding ortho intramolecular Hbond substituents is 1. The molecule has 136 valence electrons. The van der Waals surface area contributed by atoms with Crippen LogP contribution in [0.2, 0.25) is 0 Å². The maximum absolute atomic E-state index is 10.4. The van der Waals surface area contributed by atoms with Gasteiger partial charge in [-0.2, -0.15) is 0 Å². The smallest absolute Gasteiger partial charge is 0.150 e. The first-order valence-corrected chi connectivity index (χ1v) is 9.56. The molecule has 0 saturated heterocycles. The SMILES string of the molecule is CCCCCCCCCCC/C(=N\O)c1ccc2cccnc2c1O. The molecule has 25 heavy (non-hydrogen) atoms. The van der Waals surface area contributed by atoms with E-state index in [1.54, 1.807) is 6.20 Å². The van der Waals surface area contributed by atoms with E-state index in [-0.39, 0.29) is 5.75 Å². The number of aromatic nitrogens is 1. The van der Waals surface area contributed by atoms with E-state index in [0.717, 1.165) is 18.2 Å². The van der Waals surface area contributed by atoms with Gasteiger partial charge >= 0.3 is 0 Å².